The maximum absolute atomic E-state index is 13.1. The lowest BCUT2D eigenvalue weighted by atomic mass is 10.1. The average molecular weight is 405 g/mol. The van der Waals surface area contributed by atoms with Gasteiger partial charge in [0.15, 0.2) is 0 Å². The topological polar surface area (TPSA) is 94.2 Å². The summed E-state index contributed by atoms with van der Waals surface area (Å²) < 4.78 is 19.5. The predicted octanol–water partition coefficient (Wildman–Crippen LogP) is 2.59. The zero-order valence-corrected chi connectivity index (χ0v) is 15.7. The first-order chi connectivity index (χ1) is 14.5. The Morgan fingerprint density at radius 2 is 1.80 bits per heavy atom. The number of carbonyl (C=O) groups is 1. The van der Waals surface area contributed by atoms with Crippen LogP contribution in [0.1, 0.15) is 10.4 Å². The average Bonchev–Trinajstić information content (AvgIpc) is 2.75. The summed E-state index contributed by atoms with van der Waals surface area (Å²) in [7, 11) is 0. The van der Waals surface area contributed by atoms with E-state index in [1.807, 2.05) is 0 Å². The van der Waals surface area contributed by atoms with Gasteiger partial charge < -0.3 is 9.73 Å². The maximum atomic E-state index is 13.1. The zero-order valence-electron chi connectivity index (χ0n) is 15.7. The van der Waals surface area contributed by atoms with E-state index >= 15 is 0 Å². The van der Waals surface area contributed by atoms with Crippen LogP contribution in [0, 0.1) is 5.82 Å². The van der Waals surface area contributed by atoms with Crippen LogP contribution >= 0.6 is 0 Å². The third kappa shape index (κ3) is 4.02. The molecule has 2 heterocycles. The highest BCUT2D eigenvalue weighted by molar-refractivity contribution is 5.96. The van der Waals surface area contributed by atoms with E-state index in [1.54, 1.807) is 42.5 Å². The predicted molar refractivity (Wildman–Crippen MR) is 109 cm³/mol. The molecule has 0 saturated heterocycles. The Hall–Kier alpha value is -4.07. The van der Waals surface area contributed by atoms with Gasteiger partial charge in [-0.3, -0.25) is 9.59 Å². The van der Waals surface area contributed by atoms with Gasteiger partial charge in [-0.1, -0.05) is 18.2 Å². The Balaban J connectivity index is 1.48. The second-order valence-corrected chi connectivity index (χ2v) is 6.53. The van der Waals surface area contributed by atoms with E-state index in [0.717, 1.165) is 0 Å². The van der Waals surface area contributed by atoms with E-state index in [4.69, 9.17) is 4.42 Å². The molecule has 2 aromatic carbocycles. The number of nitrogens with one attached hydrogen (secondary N) is 1. The Morgan fingerprint density at radius 3 is 2.60 bits per heavy atom. The van der Waals surface area contributed by atoms with E-state index in [0.29, 0.717) is 22.2 Å². The number of nitrogens with zero attached hydrogens (tertiary/aromatic N) is 2. The minimum Gasteiger partial charge on any atom is -0.422 e. The standard InChI is InChI=1S/C22H16FN3O4/c23-16-7-5-14(6-8-16)18-9-10-20(27)26(25-18)12-11-24-21(28)17-13-15-3-1-2-4-19(15)30-22(17)29/h1-10,13H,11-12H2,(H,24,28). The second-order valence-electron chi connectivity index (χ2n) is 6.53. The molecular weight excluding hydrogens is 389 g/mol. The molecule has 1 N–H and O–H groups in total. The van der Waals surface area contributed by atoms with Crippen molar-refractivity contribution in [1.82, 2.24) is 15.1 Å². The number of para-hydroxylation sites is 1. The number of carbonyl (C=O) groups excluding carboxylic acids is 1. The molecule has 4 rings (SSSR count). The van der Waals surface area contributed by atoms with Crippen molar-refractivity contribution in [3.63, 3.8) is 0 Å². The Bertz CT molecular complexity index is 1340. The van der Waals surface area contributed by atoms with Crippen molar-refractivity contribution in [1.29, 1.82) is 0 Å². The van der Waals surface area contributed by atoms with Crippen molar-refractivity contribution in [2.24, 2.45) is 0 Å². The molecule has 0 aliphatic rings. The number of hydrogen-bond acceptors (Lipinski definition) is 5. The summed E-state index contributed by atoms with van der Waals surface area (Å²) in [4.78, 5) is 36.5. The van der Waals surface area contributed by atoms with Gasteiger partial charge in [0.2, 0.25) is 0 Å². The van der Waals surface area contributed by atoms with Gasteiger partial charge >= 0.3 is 5.63 Å². The largest absolute Gasteiger partial charge is 0.422 e. The summed E-state index contributed by atoms with van der Waals surface area (Å²) in [6.45, 7) is 0.170. The van der Waals surface area contributed by atoms with Gasteiger partial charge in [-0.15, -0.1) is 0 Å². The lowest BCUT2D eigenvalue weighted by Gasteiger charge is -2.08. The van der Waals surface area contributed by atoms with Crippen molar-refractivity contribution in [2.45, 2.75) is 6.54 Å². The van der Waals surface area contributed by atoms with Gasteiger partial charge in [-0.05, 0) is 42.5 Å². The fourth-order valence-corrected chi connectivity index (χ4v) is 2.97. The molecular formula is C22H16FN3O4. The fourth-order valence-electron chi connectivity index (χ4n) is 2.97. The molecule has 2 aromatic heterocycles. The number of fused-ring (bicyclic) bond motifs is 1. The number of halogens is 1. The number of aromatic nitrogens is 2. The summed E-state index contributed by atoms with van der Waals surface area (Å²) in [5.41, 5.74) is 0.348. The Morgan fingerprint density at radius 1 is 1.03 bits per heavy atom. The van der Waals surface area contributed by atoms with Crippen molar-refractivity contribution in [2.75, 3.05) is 6.54 Å². The molecule has 8 heteroatoms. The molecule has 0 bridgehead atoms. The number of amides is 1. The highest BCUT2D eigenvalue weighted by Crippen LogP contribution is 2.15. The van der Waals surface area contributed by atoms with Crippen molar-refractivity contribution in [3.05, 3.63) is 98.9 Å². The first-order valence-corrected chi connectivity index (χ1v) is 9.16. The SMILES string of the molecule is O=C(NCCn1nc(-c2ccc(F)cc2)ccc1=O)c1cc2ccccc2oc1=O. The van der Waals surface area contributed by atoms with Crippen LogP contribution in [0.4, 0.5) is 4.39 Å². The minimum atomic E-state index is -0.736. The molecule has 7 nitrogen and oxygen atoms in total. The van der Waals surface area contributed by atoms with Crippen molar-refractivity contribution in [3.8, 4) is 11.3 Å². The van der Waals surface area contributed by atoms with Crippen LogP contribution in [0.15, 0.2) is 80.7 Å². The lowest BCUT2D eigenvalue weighted by molar-refractivity contribution is 0.0948. The summed E-state index contributed by atoms with van der Waals surface area (Å²) in [5.74, 6) is -0.967. The number of hydrogen-bond donors (Lipinski definition) is 1. The first kappa shape index (κ1) is 19.3. The van der Waals surface area contributed by atoms with Crippen LogP contribution in [0.25, 0.3) is 22.2 Å². The van der Waals surface area contributed by atoms with Crippen LogP contribution in [0.5, 0.6) is 0 Å². The maximum Gasteiger partial charge on any atom is 0.349 e. The fraction of sp³-hybridized carbons (Fsp3) is 0.0909. The lowest BCUT2D eigenvalue weighted by Crippen LogP contribution is -2.33. The van der Waals surface area contributed by atoms with E-state index < -0.39 is 11.5 Å². The van der Waals surface area contributed by atoms with Crippen LogP contribution in [0.3, 0.4) is 0 Å². The third-order valence-electron chi connectivity index (χ3n) is 4.50. The zero-order chi connectivity index (χ0) is 21.1. The van der Waals surface area contributed by atoms with Gasteiger partial charge in [0.1, 0.15) is 17.0 Å². The summed E-state index contributed by atoms with van der Waals surface area (Å²) in [6.07, 6.45) is 0. The normalized spacial score (nSPS) is 10.8. The molecule has 0 unspecified atom stereocenters. The molecule has 0 fully saturated rings. The molecule has 0 aliphatic carbocycles. The smallest absolute Gasteiger partial charge is 0.349 e. The minimum absolute atomic E-state index is 0.0743. The van der Waals surface area contributed by atoms with E-state index in [-0.39, 0.29) is 30.0 Å². The highest BCUT2D eigenvalue weighted by atomic mass is 19.1. The van der Waals surface area contributed by atoms with Crippen LogP contribution < -0.4 is 16.5 Å². The number of benzene rings is 2. The van der Waals surface area contributed by atoms with Gasteiger partial charge in [0.25, 0.3) is 11.5 Å². The summed E-state index contributed by atoms with van der Waals surface area (Å²) in [6, 6.07) is 17.0. The van der Waals surface area contributed by atoms with Gasteiger partial charge in [0, 0.05) is 23.6 Å². The molecule has 4 aromatic rings. The van der Waals surface area contributed by atoms with Crippen molar-refractivity contribution < 1.29 is 13.6 Å². The quantitative estimate of drug-likeness (QED) is 0.515. The molecule has 30 heavy (non-hydrogen) atoms. The molecule has 0 aliphatic heterocycles. The molecule has 1 amide bonds. The van der Waals surface area contributed by atoms with Gasteiger partial charge in [0.05, 0.1) is 12.2 Å². The molecule has 0 saturated carbocycles. The Kier molecular flexibility index (Phi) is 5.21. The van der Waals surface area contributed by atoms with Gasteiger partial charge in [-0.25, -0.2) is 13.9 Å². The van der Waals surface area contributed by atoms with Gasteiger partial charge in [-0.2, -0.15) is 5.10 Å². The molecule has 0 radical (unpaired) electrons. The summed E-state index contributed by atoms with van der Waals surface area (Å²) >= 11 is 0. The monoisotopic (exact) mass is 405 g/mol. The van der Waals surface area contributed by atoms with E-state index in [1.165, 1.54) is 28.9 Å². The second kappa shape index (κ2) is 8.12. The first-order valence-electron chi connectivity index (χ1n) is 9.16. The summed E-state index contributed by atoms with van der Waals surface area (Å²) in [5, 5.41) is 7.48. The van der Waals surface area contributed by atoms with Crippen molar-refractivity contribution >= 4 is 16.9 Å². The highest BCUT2D eigenvalue weighted by Gasteiger charge is 2.13. The van der Waals surface area contributed by atoms with Crippen LogP contribution in [-0.2, 0) is 6.54 Å². The van der Waals surface area contributed by atoms with E-state index in [9.17, 15) is 18.8 Å². The van der Waals surface area contributed by atoms with E-state index in [2.05, 4.69) is 10.4 Å². The Labute approximate surface area is 169 Å². The number of rotatable bonds is 5. The molecule has 0 spiro atoms. The third-order valence-corrected chi connectivity index (χ3v) is 4.50. The van der Waals surface area contributed by atoms with Crippen LogP contribution in [0.2, 0.25) is 0 Å². The molecule has 0 atom stereocenters. The molecule has 150 valence electrons. The van der Waals surface area contributed by atoms with Crippen LogP contribution in [-0.4, -0.2) is 22.2 Å².